The molecule has 0 radical (unpaired) electrons. The molecule has 4 heteroatoms. The van der Waals surface area contributed by atoms with Crippen molar-refractivity contribution in [2.45, 2.75) is 12.8 Å². The van der Waals surface area contributed by atoms with E-state index in [4.69, 9.17) is 0 Å². The van der Waals surface area contributed by atoms with Gasteiger partial charge in [-0.15, -0.1) is 0 Å². The molecule has 72 valence electrons. The predicted octanol–water partition coefficient (Wildman–Crippen LogP) is 0.997. The van der Waals surface area contributed by atoms with Gasteiger partial charge in [0.05, 0.1) is 12.7 Å². The third-order valence-electron chi connectivity index (χ3n) is 2.27. The molecule has 1 heterocycles. The first-order chi connectivity index (χ1) is 6.72. The molecule has 0 spiro atoms. The minimum absolute atomic E-state index is 0.0522. The number of hydrogen-bond acceptors (Lipinski definition) is 4. The van der Waals surface area contributed by atoms with Gasteiger partial charge in [-0.25, -0.2) is 4.79 Å². The lowest BCUT2D eigenvalue weighted by Crippen LogP contribution is -2.04. The van der Waals surface area contributed by atoms with Crippen LogP contribution in [0, 0.1) is 0 Å². The number of ether oxygens (including phenoxy) is 1. The van der Waals surface area contributed by atoms with Crippen molar-refractivity contribution in [3.8, 4) is 0 Å². The van der Waals surface area contributed by atoms with Gasteiger partial charge >= 0.3 is 5.97 Å². The van der Waals surface area contributed by atoms with Gasteiger partial charge in [-0.3, -0.25) is 9.78 Å². The molecule has 0 saturated carbocycles. The fourth-order valence-electron chi connectivity index (χ4n) is 1.55. The van der Waals surface area contributed by atoms with Crippen LogP contribution in [0.4, 0.5) is 0 Å². The van der Waals surface area contributed by atoms with Gasteiger partial charge in [-0.1, -0.05) is 0 Å². The van der Waals surface area contributed by atoms with Crippen LogP contribution in [0.1, 0.15) is 32.8 Å². The van der Waals surface area contributed by atoms with Crippen molar-refractivity contribution in [1.29, 1.82) is 0 Å². The molecule has 0 fully saturated rings. The largest absolute Gasteiger partial charge is 0.465 e. The minimum atomic E-state index is -0.417. The van der Waals surface area contributed by atoms with E-state index in [2.05, 4.69) is 9.72 Å². The lowest BCUT2D eigenvalue weighted by atomic mass is 10.1. The summed E-state index contributed by atoms with van der Waals surface area (Å²) in [5, 5.41) is 0. The van der Waals surface area contributed by atoms with E-state index in [1.54, 1.807) is 6.07 Å². The van der Waals surface area contributed by atoms with E-state index in [9.17, 15) is 9.59 Å². The minimum Gasteiger partial charge on any atom is -0.465 e. The Morgan fingerprint density at radius 2 is 2.29 bits per heavy atom. The molecule has 4 nitrogen and oxygen atoms in total. The molecule has 1 aliphatic carbocycles. The van der Waals surface area contributed by atoms with Crippen LogP contribution < -0.4 is 0 Å². The van der Waals surface area contributed by atoms with E-state index >= 15 is 0 Å². The molecule has 0 unspecified atom stereocenters. The lowest BCUT2D eigenvalue weighted by Gasteiger charge is -2.00. The van der Waals surface area contributed by atoms with Gasteiger partial charge in [0, 0.05) is 12.6 Å². The Balaban J connectivity index is 2.42. The number of ketones is 1. The number of fused-ring (bicyclic) bond motifs is 1. The molecule has 2 rings (SSSR count). The van der Waals surface area contributed by atoms with E-state index < -0.39 is 5.97 Å². The van der Waals surface area contributed by atoms with Crippen LogP contribution in [-0.2, 0) is 11.2 Å². The molecular formula is C10H9NO3. The first kappa shape index (κ1) is 8.87. The number of Topliss-reactive ketones (excluding diaryl/α,β-unsaturated/α-hetero) is 1. The molecule has 1 aromatic heterocycles. The van der Waals surface area contributed by atoms with Crippen molar-refractivity contribution >= 4 is 11.8 Å². The monoisotopic (exact) mass is 191 g/mol. The summed E-state index contributed by atoms with van der Waals surface area (Å²) < 4.78 is 4.56. The van der Waals surface area contributed by atoms with Gasteiger partial charge in [0.1, 0.15) is 5.69 Å². The molecule has 0 bridgehead atoms. The average molecular weight is 191 g/mol. The van der Waals surface area contributed by atoms with Crippen LogP contribution in [0.3, 0.4) is 0 Å². The summed E-state index contributed by atoms with van der Waals surface area (Å²) in [7, 11) is 1.32. The Bertz CT molecular complexity index is 412. The maximum absolute atomic E-state index is 11.2. The van der Waals surface area contributed by atoms with Crippen molar-refractivity contribution < 1.29 is 14.3 Å². The molecule has 1 aromatic rings. The summed E-state index contributed by atoms with van der Waals surface area (Å²) in [6.07, 6.45) is 2.55. The normalized spacial score (nSPS) is 13.9. The summed E-state index contributed by atoms with van der Waals surface area (Å²) in [6.45, 7) is 0. The first-order valence-electron chi connectivity index (χ1n) is 4.33. The number of esters is 1. The Labute approximate surface area is 80.9 Å². The maximum Gasteiger partial charge on any atom is 0.339 e. The predicted molar refractivity (Wildman–Crippen MR) is 48.2 cm³/mol. The second-order valence-electron chi connectivity index (χ2n) is 3.15. The lowest BCUT2D eigenvalue weighted by molar-refractivity contribution is 0.0600. The summed E-state index contributed by atoms with van der Waals surface area (Å²) in [6, 6.07) is 1.68. The second-order valence-corrected chi connectivity index (χ2v) is 3.15. The molecule has 0 atom stereocenters. The van der Waals surface area contributed by atoms with Crippen LogP contribution in [0.15, 0.2) is 12.3 Å². The van der Waals surface area contributed by atoms with Crippen LogP contribution in [0.2, 0.25) is 0 Å². The second kappa shape index (κ2) is 3.21. The standard InChI is InChI=1S/C10H9NO3/c1-14-10(13)7-4-6-2-3-8(12)9(6)11-5-7/h4-5H,2-3H2,1H3. The average Bonchev–Trinajstić information content (AvgIpc) is 2.59. The Kier molecular flexibility index (Phi) is 2.04. The van der Waals surface area contributed by atoms with Gasteiger partial charge in [0.2, 0.25) is 0 Å². The van der Waals surface area contributed by atoms with Gasteiger partial charge in [-0.2, -0.15) is 0 Å². The van der Waals surface area contributed by atoms with Gasteiger partial charge in [-0.05, 0) is 18.1 Å². The zero-order valence-electron chi connectivity index (χ0n) is 7.74. The number of rotatable bonds is 1. The highest BCUT2D eigenvalue weighted by Crippen LogP contribution is 2.20. The molecule has 1 aliphatic rings. The molecule has 0 aromatic carbocycles. The Morgan fingerprint density at radius 1 is 1.50 bits per heavy atom. The summed E-state index contributed by atoms with van der Waals surface area (Å²) >= 11 is 0. The molecule has 14 heavy (non-hydrogen) atoms. The fourth-order valence-corrected chi connectivity index (χ4v) is 1.55. The van der Waals surface area contributed by atoms with Gasteiger partial charge in [0.25, 0.3) is 0 Å². The quantitative estimate of drug-likeness (QED) is 0.621. The Hall–Kier alpha value is -1.71. The van der Waals surface area contributed by atoms with E-state index in [-0.39, 0.29) is 5.78 Å². The third kappa shape index (κ3) is 1.28. The third-order valence-corrected chi connectivity index (χ3v) is 2.27. The van der Waals surface area contributed by atoms with Crippen LogP contribution in [-0.4, -0.2) is 23.8 Å². The number of nitrogens with zero attached hydrogens (tertiary/aromatic N) is 1. The SMILES string of the molecule is COC(=O)c1cnc2c(c1)CCC2=O. The van der Waals surface area contributed by atoms with E-state index in [0.717, 1.165) is 5.56 Å². The molecule has 0 saturated heterocycles. The topological polar surface area (TPSA) is 56.3 Å². The highest BCUT2D eigenvalue weighted by Gasteiger charge is 2.22. The summed E-state index contributed by atoms with van der Waals surface area (Å²) in [5.74, 6) is -0.365. The van der Waals surface area contributed by atoms with E-state index in [0.29, 0.717) is 24.1 Å². The van der Waals surface area contributed by atoms with Gasteiger partial charge < -0.3 is 4.74 Å². The Morgan fingerprint density at radius 3 is 3.00 bits per heavy atom. The fraction of sp³-hybridized carbons (Fsp3) is 0.300. The van der Waals surface area contributed by atoms with Gasteiger partial charge in [0.15, 0.2) is 5.78 Å². The summed E-state index contributed by atoms with van der Waals surface area (Å²) in [5.41, 5.74) is 1.75. The number of carbonyl (C=O) groups is 2. The maximum atomic E-state index is 11.2. The van der Waals surface area contributed by atoms with Crippen molar-refractivity contribution in [1.82, 2.24) is 4.98 Å². The highest BCUT2D eigenvalue weighted by molar-refractivity contribution is 5.99. The molecular weight excluding hydrogens is 182 g/mol. The number of aryl methyl sites for hydroxylation is 1. The van der Waals surface area contributed by atoms with Crippen LogP contribution >= 0.6 is 0 Å². The number of pyridine rings is 1. The summed E-state index contributed by atoms with van der Waals surface area (Å²) in [4.78, 5) is 26.3. The van der Waals surface area contributed by atoms with Crippen LogP contribution in [0.25, 0.3) is 0 Å². The van der Waals surface area contributed by atoms with E-state index in [1.165, 1.54) is 13.3 Å². The van der Waals surface area contributed by atoms with Crippen molar-refractivity contribution in [2.75, 3.05) is 7.11 Å². The zero-order valence-corrected chi connectivity index (χ0v) is 7.74. The number of methoxy groups -OCH3 is 1. The highest BCUT2D eigenvalue weighted by atomic mass is 16.5. The van der Waals surface area contributed by atoms with E-state index in [1.807, 2.05) is 0 Å². The number of hydrogen-bond donors (Lipinski definition) is 0. The molecule has 0 amide bonds. The first-order valence-corrected chi connectivity index (χ1v) is 4.33. The zero-order chi connectivity index (χ0) is 10.1. The van der Waals surface area contributed by atoms with Crippen molar-refractivity contribution in [2.24, 2.45) is 0 Å². The molecule has 0 N–H and O–H groups in total. The van der Waals surface area contributed by atoms with Crippen molar-refractivity contribution in [3.63, 3.8) is 0 Å². The van der Waals surface area contributed by atoms with Crippen LogP contribution in [0.5, 0.6) is 0 Å². The number of carbonyl (C=O) groups excluding carboxylic acids is 2. The smallest absolute Gasteiger partial charge is 0.339 e. The molecule has 0 aliphatic heterocycles. The number of aromatic nitrogens is 1. The van der Waals surface area contributed by atoms with Crippen molar-refractivity contribution in [3.05, 3.63) is 29.1 Å².